The second-order valence-corrected chi connectivity index (χ2v) is 4.79. The molecule has 1 aliphatic rings. The summed E-state index contributed by atoms with van der Waals surface area (Å²) in [6.07, 6.45) is 3.86. The van der Waals surface area contributed by atoms with Gasteiger partial charge in [-0.3, -0.25) is 4.90 Å². The molecule has 1 heterocycles. The zero-order valence-electron chi connectivity index (χ0n) is 10.5. The SMILES string of the molecule is N#CC(C#N)(Cc1ccccc1)N1CCCCC1. The van der Waals surface area contributed by atoms with E-state index >= 15 is 0 Å². The normalized spacial score (nSPS) is 16.8. The fourth-order valence-electron chi connectivity index (χ4n) is 2.52. The highest BCUT2D eigenvalue weighted by Gasteiger charge is 2.38. The Morgan fingerprint density at radius 3 is 2.17 bits per heavy atom. The Morgan fingerprint density at radius 1 is 1.00 bits per heavy atom. The van der Waals surface area contributed by atoms with Crippen molar-refractivity contribution in [1.82, 2.24) is 4.90 Å². The third kappa shape index (κ3) is 2.53. The predicted octanol–water partition coefficient (Wildman–Crippen LogP) is 2.50. The van der Waals surface area contributed by atoms with Gasteiger partial charge in [-0.15, -0.1) is 0 Å². The summed E-state index contributed by atoms with van der Waals surface area (Å²) < 4.78 is 0. The fraction of sp³-hybridized carbons (Fsp3) is 0.467. The van der Waals surface area contributed by atoms with E-state index in [9.17, 15) is 10.5 Å². The minimum Gasteiger partial charge on any atom is -0.273 e. The van der Waals surface area contributed by atoms with Crippen molar-refractivity contribution in [1.29, 1.82) is 10.5 Å². The van der Waals surface area contributed by atoms with E-state index in [0.29, 0.717) is 6.42 Å². The van der Waals surface area contributed by atoms with E-state index in [-0.39, 0.29) is 0 Å². The molecule has 0 spiro atoms. The molecule has 0 bridgehead atoms. The summed E-state index contributed by atoms with van der Waals surface area (Å²) in [7, 11) is 0. The number of hydrogen-bond donors (Lipinski definition) is 0. The van der Waals surface area contributed by atoms with E-state index in [1.807, 2.05) is 35.2 Å². The highest BCUT2D eigenvalue weighted by Crippen LogP contribution is 2.24. The monoisotopic (exact) mass is 239 g/mol. The third-order valence-corrected chi connectivity index (χ3v) is 3.57. The highest BCUT2D eigenvalue weighted by atomic mass is 15.2. The molecule has 1 fully saturated rings. The molecular weight excluding hydrogens is 222 g/mol. The Hall–Kier alpha value is -1.84. The van der Waals surface area contributed by atoms with Crippen LogP contribution >= 0.6 is 0 Å². The molecule has 0 aromatic heterocycles. The molecule has 1 saturated heterocycles. The molecule has 1 aliphatic heterocycles. The minimum atomic E-state index is -0.998. The summed E-state index contributed by atoms with van der Waals surface area (Å²) in [5, 5.41) is 19.0. The Labute approximate surface area is 108 Å². The molecule has 92 valence electrons. The summed E-state index contributed by atoms with van der Waals surface area (Å²) >= 11 is 0. The first-order valence-electron chi connectivity index (χ1n) is 6.42. The Kier molecular flexibility index (Phi) is 3.97. The lowest BCUT2D eigenvalue weighted by Crippen LogP contribution is -2.50. The van der Waals surface area contributed by atoms with Gasteiger partial charge in [-0.2, -0.15) is 10.5 Å². The Balaban J connectivity index is 2.22. The maximum Gasteiger partial charge on any atom is 0.200 e. The predicted molar refractivity (Wildman–Crippen MR) is 69.5 cm³/mol. The van der Waals surface area contributed by atoms with Crippen LogP contribution in [0.1, 0.15) is 24.8 Å². The van der Waals surface area contributed by atoms with Gasteiger partial charge in [0.15, 0.2) is 0 Å². The molecule has 0 amide bonds. The van der Waals surface area contributed by atoms with Crippen molar-refractivity contribution < 1.29 is 0 Å². The van der Waals surface area contributed by atoms with Gasteiger partial charge >= 0.3 is 0 Å². The van der Waals surface area contributed by atoms with Gasteiger partial charge in [0.1, 0.15) is 12.1 Å². The van der Waals surface area contributed by atoms with Crippen LogP contribution in [0.3, 0.4) is 0 Å². The van der Waals surface area contributed by atoms with Crippen molar-refractivity contribution in [3.8, 4) is 12.1 Å². The van der Waals surface area contributed by atoms with E-state index in [4.69, 9.17) is 0 Å². The van der Waals surface area contributed by atoms with Gasteiger partial charge < -0.3 is 0 Å². The lowest BCUT2D eigenvalue weighted by Gasteiger charge is -2.36. The summed E-state index contributed by atoms with van der Waals surface area (Å²) in [6.45, 7) is 1.71. The smallest absolute Gasteiger partial charge is 0.200 e. The van der Waals surface area contributed by atoms with Crippen LogP contribution in [-0.4, -0.2) is 23.5 Å². The fourth-order valence-corrected chi connectivity index (χ4v) is 2.52. The van der Waals surface area contributed by atoms with E-state index < -0.39 is 5.54 Å². The maximum absolute atomic E-state index is 9.48. The largest absolute Gasteiger partial charge is 0.273 e. The van der Waals surface area contributed by atoms with Crippen LogP contribution in [0.4, 0.5) is 0 Å². The number of nitriles is 2. The second kappa shape index (κ2) is 5.67. The summed E-state index contributed by atoms with van der Waals surface area (Å²) in [4.78, 5) is 2.05. The van der Waals surface area contributed by atoms with Gasteiger partial charge in [-0.1, -0.05) is 36.8 Å². The van der Waals surface area contributed by atoms with E-state index in [1.54, 1.807) is 0 Å². The average Bonchev–Trinajstić information content (AvgIpc) is 2.47. The molecule has 0 N–H and O–H groups in total. The average molecular weight is 239 g/mol. The molecule has 0 aliphatic carbocycles. The molecule has 1 aromatic rings. The van der Waals surface area contributed by atoms with Crippen molar-refractivity contribution in [2.75, 3.05) is 13.1 Å². The molecule has 18 heavy (non-hydrogen) atoms. The first kappa shape index (κ1) is 12.6. The lowest BCUT2D eigenvalue weighted by molar-refractivity contribution is 0.149. The molecular formula is C15H17N3. The lowest BCUT2D eigenvalue weighted by atomic mass is 9.90. The van der Waals surface area contributed by atoms with Gasteiger partial charge in [0.25, 0.3) is 0 Å². The summed E-state index contributed by atoms with van der Waals surface area (Å²) in [6, 6.07) is 14.3. The van der Waals surface area contributed by atoms with Crippen molar-refractivity contribution in [3.05, 3.63) is 35.9 Å². The standard InChI is InChI=1S/C15H17N3/c16-12-15(13-17,18-9-5-2-6-10-18)11-14-7-3-1-4-8-14/h1,3-4,7-8H,2,5-6,9-11H2. The number of piperidine rings is 1. The first-order valence-corrected chi connectivity index (χ1v) is 6.42. The maximum atomic E-state index is 9.48. The number of likely N-dealkylation sites (tertiary alicyclic amines) is 1. The second-order valence-electron chi connectivity index (χ2n) is 4.79. The summed E-state index contributed by atoms with van der Waals surface area (Å²) in [5.41, 5.74) is 0.0491. The Morgan fingerprint density at radius 2 is 1.61 bits per heavy atom. The van der Waals surface area contributed by atoms with Gasteiger partial charge in [-0.05, 0) is 18.4 Å². The van der Waals surface area contributed by atoms with Gasteiger partial charge in [0, 0.05) is 19.5 Å². The number of nitrogens with zero attached hydrogens (tertiary/aromatic N) is 3. The number of rotatable bonds is 3. The van der Waals surface area contributed by atoms with Crippen LogP contribution in [0.25, 0.3) is 0 Å². The van der Waals surface area contributed by atoms with Crippen LogP contribution in [0.15, 0.2) is 30.3 Å². The summed E-state index contributed by atoms with van der Waals surface area (Å²) in [5.74, 6) is 0. The topological polar surface area (TPSA) is 50.8 Å². The van der Waals surface area contributed by atoms with Crippen molar-refractivity contribution in [2.24, 2.45) is 0 Å². The molecule has 0 radical (unpaired) electrons. The third-order valence-electron chi connectivity index (χ3n) is 3.57. The Bertz CT molecular complexity index is 447. The molecule has 3 heteroatoms. The number of hydrogen-bond acceptors (Lipinski definition) is 3. The molecule has 1 aromatic carbocycles. The van der Waals surface area contributed by atoms with Crippen molar-refractivity contribution in [2.45, 2.75) is 31.2 Å². The zero-order chi connectivity index (χ0) is 12.8. The quantitative estimate of drug-likeness (QED) is 0.814. The van der Waals surface area contributed by atoms with Crippen LogP contribution in [-0.2, 0) is 6.42 Å². The van der Waals surface area contributed by atoms with Crippen LogP contribution in [0, 0.1) is 22.7 Å². The van der Waals surface area contributed by atoms with E-state index in [0.717, 1.165) is 31.5 Å². The highest BCUT2D eigenvalue weighted by molar-refractivity contribution is 5.30. The van der Waals surface area contributed by atoms with E-state index in [1.165, 1.54) is 6.42 Å². The van der Waals surface area contributed by atoms with Crippen LogP contribution in [0.2, 0.25) is 0 Å². The molecule has 3 nitrogen and oxygen atoms in total. The van der Waals surface area contributed by atoms with Gasteiger partial charge in [0.05, 0.1) is 0 Å². The first-order chi connectivity index (χ1) is 8.80. The van der Waals surface area contributed by atoms with Gasteiger partial charge in [0.2, 0.25) is 5.54 Å². The van der Waals surface area contributed by atoms with Crippen molar-refractivity contribution >= 4 is 0 Å². The van der Waals surface area contributed by atoms with Gasteiger partial charge in [-0.25, -0.2) is 0 Å². The van der Waals surface area contributed by atoms with Crippen LogP contribution < -0.4 is 0 Å². The number of benzene rings is 1. The van der Waals surface area contributed by atoms with E-state index in [2.05, 4.69) is 12.1 Å². The minimum absolute atomic E-state index is 0.487. The molecule has 0 atom stereocenters. The van der Waals surface area contributed by atoms with Crippen LogP contribution in [0.5, 0.6) is 0 Å². The molecule has 0 saturated carbocycles. The molecule has 0 unspecified atom stereocenters. The van der Waals surface area contributed by atoms with Crippen molar-refractivity contribution in [3.63, 3.8) is 0 Å². The molecule has 2 rings (SSSR count). The zero-order valence-corrected chi connectivity index (χ0v) is 10.5.